The van der Waals surface area contributed by atoms with Crippen LogP contribution < -0.4 is 16.4 Å². The molecule has 3 unspecified atom stereocenters. The monoisotopic (exact) mass is 441 g/mol. The zero-order chi connectivity index (χ0) is 22.7. The molecule has 0 saturated carbocycles. The topological polar surface area (TPSA) is 179 Å². The molecule has 0 bridgehead atoms. The SMILES string of the molecule is CSCCC(N)C(=O)NC(CCC(=O)O)C(=O)NC(Cc1ccc(O)cc1)C(=O)O. The first-order valence-electron chi connectivity index (χ1n) is 9.21. The maximum Gasteiger partial charge on any atom is 0.326 e. The first-order chi connectivity index (χ1) is 14.1. The molecule has 1 aromatic rings. The summed E-state index contributed by atoms with van der Waals surface area (Å²) in [6.07, 6.45) is 1.56. The number of carbonyl (C=O) groups excluding carboxylic acids is 2. The van der Waals surface area contributed by atoms with E-state index < -0.39 is 48.3 Å². The first-order valence-corrected chi connectivity index (χ1v) is 10.6. The third-order valence-corrected chi connectivity index (χ3v) is 4.88. The van der Waals surface area contributed by atoms with E-state index in [1.54, 1.807) is 0 Å². The molecule has 30 heavy (non-hydrogen) atoms. The van der Waals surface area contributed by atoms with Crippen molar-refractivity contribution >= 4 is 35.5 Å². The van der Waals surface area contributed by atoms with Gasteiger partial charge in [-0.1, -0.05) is 12.1 Å². The molecule has 11 heteroatoms. The molecular formula is C19H27N3O7S. The van der Waals surface area contributed by atoms with Crippen molar-refractivity contribution in [2.24, 2.45) is 5.73 Å². The van der Waals surface area contributed by atoms with E-state index in [4.69, 9.17) is 10.8 Å². The summed E-state index contributed by atoms with van der Waals surface area (Å²) >= 11 is 1.50. The van der Waals surface area contributed by atoms with Gasteiger partial charge in [-0.2, -0.15) is 11.8 Å². The number of carboxylic acid groups (broad SMARTS) is 2. The smallest absolute Gasteiger partial charge is 0.326 e. The van der Waals surface area contributed by atoms with Gasteiger partial charge in [0.15, 0.2) is 0 Å². The van der Waals surface area contributed by atoms with Gasteiger partial charge in [-0.25, -0.2) is 4.79 Å². The largest absolute Gasteiger partial charge is 0.508 e. The number of nitrogens with two attached hydrogens (primary N) is 1. The molecular weight excluding hydrogens is 414 g/mol. The van der Waals surface area contributed by atoms with Gasteiger partial charge in [-0.3, -0.25) is 14.4 Å². The second-order valence-corrected chi connectivity index (χ2v) is 7.64. The van der Waals surface area contributed by atoms with Crippen LogP contribution in [0.5, 0.6) is 5.75 Å². The number of carbonyl (C=O) groups is 4. The number of nitrogens with one attached hydrogen (secondary N) is 2. The van der Waals surface area contributed by atoms with E-state index in [0.29, 0.717) is 17.7 Å². The fourth-order valence-corrected chi connectivity index (χ4v) is 3.02. The van der Waals surface area contributed by atoms with Gasteiger partial charge in [-0.15, -0.1) is 0 Å². The Hall–Kier alpha value is -2.79. The van der Waals surface area contributed by atoms with Crippen LogP contribution in [-0.2, 0) is 25.6 Å². The van der Waals surface area contributed by atoms with Gasteiger partial charge in [0.25, 0.3) is 0 Å². The minimum atomic E-state index is -1.31. The van der Waals surface area contributed by atoms with Gasteiger partial charge >= 0.3 is 11.9 Å². The van der Waals surface area contributed by atoms with Crippen molar-refractivity contribution in [2.45, 2.75) is 43.8 Å². The Balaban J connectivity index is 2.85. The lowest BCUT2D eigenvalue weighted by Gasteiger charge is -2.22. The molecule has 0 aromatic heterocycles. The number of rotatable bonds is 13. The number of phenolic OH excluding ortho intramolecular Hbond substituents is 1. The number of aromatic hydroxyl groups is 1. The van der Waals surface area contributed by atoms with Crippen LogP contribution in [0.15, 0.2) is 24.3 Å². The second-order valence-electron chi connectivity index (χ2n) is 6.65. The highest BCUT2D eigenvalue weighted by Gasteiger charge is 2.28. The fourth-order valence-electron chi connectivity index (χ4n) is 2.53. The molecule has 0 aliphatic carbocycles. The van der Waals surface area contributed by atoms with Gasteiger partial charge in [-0.05, 0) is 42.5 Å². The average molecular weight is 442 g/mol. The molecule has 0 heterocycles. The molecule has 3 atom stereocenters. The molecule has 1 aromatic carbocycles. The zero-order valence-electron chi connectivity index (χ0n) is 16.5. The van der Waals surface area contributed by atoms with E-state index in [2.05, 4.69) is 10.6 Å². The molecule has 2 amide bonds. The highest BCUT2D eigenvalue weighted by molar-refractivity contribution is 7.98. The van der Waals surface area contributed by atoms with E-state index in [1.165, 1.54) is 36.0 Å². The predicted molar refractivity (Wildman–Crippen MR) is 111 cm³/mol. The number of hydrogen-bond acceptors (Lipinski definition) is 7. The van der Waals surface area contributed by atoms with Crippen molar-refractivity contribution in [3.05, 3.63) is 29.8 Å². The predicted octanol–water partition coefficient (Wildman–Crippen LogP) is -0.0659. The van der Waals surface area contributed by atoms with Crippen LogP contribution in [-0.4, -0.2) is 69.2 Å². The Morgan fingerprint density at radius 1 is 1.00 bits per heavy atom. The number of hydrogen-bond donors (Lipinski definition) is 6. The normalized spacial score (nSPS) is 13.7. The zero-order valence-corrected chi connectivity index (χ0v) is 17.4. The Bertz CT molecular complexity index is 742. The van der Waals surface area contributed by atoms with E-state index in [9.17, 15) is 29.4 Å². The third-order valence-electron chi connectivity index (χ3n) is 4.24. The fraction of sp³-hybridized carbons (Fsp3) is 0.474. The Morgan fingerprint density at radius 2 is 1.60 bits per heavy atom. The highest BCUT2D eigenvalue weighted by Crippen LogP contribution is 2.12. The molecule has 1 rings (SSSR count). The quantitative estimate of drug-likeness (QED) is 0.244. The Labute approximate surface area is 178 Å². The van der Waals surface area contributed by atoms with Gasteiger partial charge in [0.1, 0.15) is 17.8 Å². The number of thioether (sulfide) groups is 1. The summed E-state index contributed by atoms with van der Waals surface area (Å²) < 4.78 is 0. The van der Waals surface area contributed by atoms with Crippen LogP contribution >= 0.6 is 11.8 Å². The van der Waals surface area contributed by atoms with Crippen molar-refractivity contribution in [1.29, 1.82) is 0 Å². The van der Waals surface area contributed by atoms with Crippen molar-refractivity contribution in [1.82, 2.24) is 10.6 Å². The summed E-state index contributed by atoms with van der Waals surface area (Å²) in [5.74, 6) is -3.23. The Morgan fingerprint density at radius 3 is 2.13 bits per heavy atom. The summed E-state index contributed by atoms with van der Waals surface area (Å²) in [6.45, 7) is 0. The van der Waals surface area contributed by atoms with E-state index in [0.717, 1.165) is 0 Å². The maximum atomic E-state index is 12.6. The van der Waals surface area contributed by atoms with E-state index in [1.807, 2.05) is 6.26 Å². The summed E-state index contributed by atoms with van der Waals surface area (Å²) in [5, 5.41) is 32.4. The number of carboxylic acids is 2. The molecule has 0 spiro atoms. The van der Waals surface area contributed by atoms with Gasteiger partial charge < -0.3 is 31.7 Å². The lowest BCUT2D eigenvalue weighted by atomic mass is 10.0. The lowest BCUT2D eigenvalue weighted by Crippen LogP contribution is -2.55. The standard InChI is InChI=1S/C19H27N3O7S/c1-30-9-8-13(20)17(26)21-14(6-7-16(24)25)18(27)22-15(19(28)29)10-11-2-4-12(23)5-3-11/h2-5,13-15,23H,6-10,20H2,1H3,(H,21,26)(H,22,27)(H,24,25)(H,28,29). The van der Waals surface area contributed by atoms with Gasteiger partial charge in [0.05, 0.1) is 6.04 Å². The summed E-state index contributed by atoms with van der Waals surface area (Å²) in [7, 11) is 0. The molecule has 0 saturated heterocycles. The Kier molecular flexibility index (Phi) is 10.7. The van der Waals surface area contributed by atoms with Crippen molar-refractivity contribution in [2.75, 3.05) is 12.0 Å². The van der Waals surface area contributed by atoms with Crippen LogP contribution in [0.2, 0.25) is 0 Å². The summed E-state index contributed by atoms with van der Waals surface area (Å²) in [5.41, 5.74) is 6.34. The maximum absolute atomic E-state index is 12.6. The van der Waals surface area contributed by atoms with Crippen LogP contribution in [0, 0.1) is 0 Å². The number of phenols is 1. The van der Waals surface area contributed by atoms with Crippen LogP contribution in [0.3, 0.4) is 0 Å². The lowest BCUT2D eigenvalue weighted by molar-refractivity contribution is -0.143. The molecule has 7 N–H and O–H groups in total. The molecule has 166 valence electrons. The van der Waals surface area contributed by atoms with Crippen molar-refractivity contribution in [3.8, 4) is 5.75 Å². The average Bonchev–Trinajstić information content (AvgIpc) is 2.69. The van der Waals surface area contributed by atoms with Crippen LogP contribution in [0.4, 0.5) is 0 Å². The molecule has 0 aliphatic rings. The number of aliphatic carboxylic acids is 2. The summed E-state index contributed by atoms with van der Waals surface area (Å²) in [6, 6.07) is 2.40. The van der Waals surface area contributed by atoms with E-state index >= 15 is 0 Å². The minimum absolute atomic E-state index is 0.0175. The van der Waals surface area contributed by atoms with Gasteiger partial charge in [0.2, 0.25) is 11.8 Å². The van der Waals surface area contributed by atoms with Crippen molar-refractivity contribution in [3.63, 3.8) is 0 Å². The van der Waals surface area contributed by atoms with E-state index in [-0.39, 0.29) is 18.6 Å². The first kappa shape index (κ1) is 25.2. The van der Waals surface area contributed by atoms with Crippen LogP contribution in [0.25, 0.3) is 0 Å². The second kappa shape index (κ2) is 12.7. The van der Waals surface area contributed by atoms with Gasteiger partial charge in [0, 0.05) is 12.8 Å². The third kappa shape index (κ3) is 9.14. The molecule has 0 fully saturated rings. The number of benzene rings is 1. The van der Waals surface area contributed by atoms with Crippen molar-refractivity contribution < 1.29 is 34.5 Å². The van der Waals surface area contributed by atoms with Crippen LogP contribution in [0.1, 0.15) is 24.8 Å². The minimum Gasteiger partial charge on any atom is -0.508 e. The molecule has 0 radical (unpaired) electrons. The highest BCUT2D eigenvalue weighted by atomic mass is 32.2. The number of amides is 2. The molecule has 10 nitrogen and oxygen atoms in total. The molecule has 0 aliphatic heterocycles. The summed E-state index contributed by atoms with van der Waals surface area (Å²) in [4.78, 5) is 47.3.